The van der Waals surface area contributed by atoms with Gasteiger partial charge in [-0.2, -0.15) is 0 Å². The van der Waals surface area contributed by atoms with Gasteiger partial charge in [-0.25, -0.2) is 0 Å². The summed E-state index contributed by atoms with van der Waals surface area (Å²) in [5.41, 5.74) is 1.96. The third-order valence-corrected chi connectivity index (χ3v) is 7.08. The third-order valence-electron chi connectivity index (χ3n) is 6.39. The molecule has 0 radical (unpaired) electrons. The van der Waals surface area contributed by atoms with Gasteiger partial charge in [0.15, 0.2) is 11.5 Å². The molecule has 2 aromatic rings. The van der Waals surface area contributed by atoms with Crippen LogP contribution in [0.5, 0.6) is 11.5 Å². The van der Waals surface area contributed by atoms with Crippen molar-refractivity contribution in [2.45, 2.75) is 117 Å². The molecule has 0 bridgehead atoms. The van der Waals surface area contributed by atoms with Gasteiger partial charge in [0.2, 0.25) is 0 Å². The fourth-order valence-corrected chi connectivity index (χ4v) is 4.98. The molecule has 2 atom stereocenters. The molecule has 0 spiro atoms. The Morgan fingerprint density at radius 3 is 1.18 bits per heavy atom. The largest absolute Gasteiger partial charge is 2.00 e. The second-order valence-electron chi connectivity index (χ2n) is 9.59. The second kappa shape index (κ2) is 26.6. The Bertz CT molecular complexity index is 839. The van der Waals surface area contributed by atoms with E-state index in [1.807, 2.05) is 24.3 Å². The second-order valence-corrected chi connectivity index (χ2v) is 10.8. The SMILES string of the molecule is CCCCCCCCCc1ccccc1O[P+](=O)[O-].CCCCCCCCCc1ccccc1O[P+](=O)[O-].[Ba+2]. The van der Waals surface area contributed by atoms with E-state index in [1.165, 1.54) is 77.0 Å². The Hall–Kier alpha value is -0.269. The maximum Gasteiger partial charge on any atom is 2.00 e. The van der Waals surface area contributed by atoms with E-state index in [9.17, 15) is 18.9 Å². The smallest absolute Gasteiger partial charge is 0.558 e. The van der Waals surface area contributed by atoms with Crippen molar-refractivity contribution < 1.29 is 28.0 Å². The molecule has 2 unspecified atom stereocenters. The molecule has 9 heteroatoms. The van der Waals surface area contributed by atoms with Gasteiger partial charge in [0, 0.05) is 11.1 Å². The summed E-state index contributed by atoms with van der Waals surface area (Å²) >= 11 is 0. The fourth-order valence-electron chi connectivity index (χ4n) is 4.30. The Morgan fingerprint density at radius 1 is 0.538 bits per heavy atom. The quantitative estimate of drug-likeness (QED) is 0.0782. The summed E-state index contributed by atoms with van der Waals surface area (Å²) in [5.74, 6) is 0.953. The average molecular weight is 702 g/mol. The van der Waals surface area contributed by atoms with Crippen molar-refractivity contribution in [2.75, 3.05) is 0 Å². The summed E-state index contributed by atoms with van der Waals surface area (Å²) in [5, 5.41) is 0. The minimum atomic E-state index is -2.82. The normalized spacial score (nSPS) is 11.1. The standard InChI is InChI=1S/2C15H23O3P.Ba/c2*1-2-3-4-5-6-7-8-11-14-12-9-10-13-15(14)18-19(16)17;/h2*9-10,12-13H,2-8,11H2,1H3;/q;;+2. The van der Waals surface area contributed by atoms with Gasteiger partial charge in [-0.3, -0.25) is 9.05 Å². The summed E-state index contributed by atoms with van der Waals surface area (Å²) in [6.45, 7) is 4.44. The van der Waals surface area contributed by atoms with E-state index in [2.05, 4.69) is 13.8 Å². The number of benzene rings is 2. The monoisotopic (exact) mass is 702 g/mol. The first-order valence-electron chi connectivity index (χ1n) is 14.3. The van der Waals surface area contributed by atoms with Gasteiger partial charge < -0.3 is 9.79 Å². The van der Waals surface area contributed by atoms with E-state index >= 15 is 0 Å². The zero-order valence-electron chi connectivity index (χ0n) is 24.0. The molecule has 2 aromatic carbocycles. The van der Waals surface area contributed by atoms with Crippen molar-refractivity contribution in [3.63, 3.8) is 0 Å². The van der Waals surface area contributed by atoms with Gasteiger partial charge in [-0.05, 0) is 46.9 Å². The molecule has 0 aliphatic rings. The van der Waals surface area contributed by atoms with Gasteiger partial charge >= 0.3 is 65.4 Å². The van der Waals surface area contributed by atoms with Gasteiger partial charge in [-0.15, -0.1) is 0 Å². The average Bonchev–Trinajstić information content (AvgIpc) is 2.89. The van der Waals surface area contributed by atoms with Crippen molar-refractivity contribution in [1.82, 2.24) is 0 Å². The van der Waals surface area contributed by atoms with Crippen LogP contribution in [0.2, 0.25) is 0 Å². The van der Waals surface area contributed by atoms with Crippen molar-refractivity contribution in [3.05, 3.63) is 59.7 Å². The first-order chi connectivity index (χ1) is 18.5. The zero-order chi connectivity index (χ0) is 27.8. The minimum absolute atomic E-state index is 0. The number of para-hydroxylation sites is 2. The molecule has 0 fully saturated rings. The molecule has 2 rings (SSSR count). The predicted octanol–water partition coefficient (Wildman–Crippen LogP) is 8.37. The van der Waals surface area contributed by atoms with Crippen LogP contribution in [0.4, 0.5) is 0 Å². The van der Waals surface area contributed by atoms with Gasteiger partial charge in [0.1, 0.15) is 0 Å². The first kappa shape index (κ1) is 38.7. The maximum absolute atomic E-state index is 10.6. The molecular weight excluding hydrogens is 656 g/mol. The van der Waals surface area contributed by atoms with Gasteiger partial charge in [0.05, 0.1) is 0 Å². The maximum atomic E-state index is 10.6. The summed E-state index contributed by atoms with van der Waals surface area (Å²) < 4.78 is 30.8. The first-order valence-corrected chi connectivity index (χ1v) is 16.5. The molecule has 6 nitrogen and oxygen atoms in total. The van der Waals surface area contributed by atoms with Gasteiger partial charge in [-0.1, -0.05) is 127 Å². The molecule has 0 saturated carbocycles. The molecule has 0 aliphatic heterocycles. The zero-order valence-corrected chi connectivity index (χ0v) is 30.2. The molecule has 0 amide bonds. The summed E-state index contributed by atoms with van der Waals surface area (Å²) in [7, 11) is -5.64. The van der Waals surface area contributed by atoms with Crippen LogP contribution in [-0.2, 0) is 22.0 Å². The molecular formula is C30H46BaO6P2+2. The van der Waals surface area contributed by atoms with Crippen molar-refractivity contribution >= 4 is 65.4 Å². The Morgan fingerprint density at radius 2 is 0.846 bits per heavy atom. The number of hydrogen-bond donors (Lipinski definition) is 0. The van der Waals surface area contributed by atoms with Crippen LogP contribution in [0.25, 0.3) is 0 Å². The number of aryl methyl sites for hydroxylation is 2. The van der Waals surface area contributed by atoms with E-state index in [0.717, 1.165) is 36.8 Å². The topological polar surface area (TPSA) is 98.7 Å². The minimum Gasteiger partial charge on any atom is -0.558 e. The van der Waals surface area contributed by atoms with E-state index < -0.39 is 16.5 Å². The van der Waals surface area contributed by atoms with Crippen LogP contribution in [-0.4, -0.2) is 48.9 Å². The van der Waals surface area contributed by atoms with Crippen LogP contribution in [0.3, 0.4) is 0 Å². The Kier molecular flexibility index (Phi) is 26.4. The van der Waals surface area contributed by atoms with Gasteiger partial charge in [0.25, 0.3) is 0 Å². The predicted molar refractivity (Wildman–Crippen MR) is 159 cm³/mol. The molecule has 0 heterocycles. The van der Waals surface area contributed by atoms with Crippen LogP contribution >= 0.6 is 16.5 Å². The van der Waals surface area contributed by atoms with Crippen LogP contribution in [0.15, 0.2) is 48.5 Å². The van der Waals surface area contributed by atoms with E-state index in [1.54, 1.807) is 24.3 Å². The molecule has 0 aromatic heterocycles. The van der Waals surface area contributed by atoms with Crippen LogP contribution in [0.1, 0.15) is 115 Å². The number of unbranched alkanes of at least 4 members (excludes halogenated alkanes) is 12. The third kappa shape index (κ3) is 21.1. The van der Waals surface area contributed by atoms with E-state index in [4.69, 9.17) is 9.05 Å². The van der Waals surface area contributed by atoms with Crippen molar-refractivity contribution in [3.8, 4) is 11.5 Å². The Labute approximate surface area is 278 Å². The molecule has 0 aliphatic carbocycles. The number of hydrogen-bond acceptors (Lipinski definition) is 6. The number of rotatable bonds is 20. The molecule has 39 heavy (non-hydrogen) atoms. The molecule has 0 saturated heterocycles. The van der Waals surface area contributed by atoms with E-state index in [0.29, 0.717) is 11.5 Å². The van der Waals surface area contributed by atoms with Crippen LogP contribution < -0.4 is 18.8 Å². The summed E-state index contributed by atoms with van der Waals surface area (Å²) in [4.78, 5) is 21.2. The molecule has 0 N–H and O–H groups in total. The van der Waals surface area contributed by atoms with Crippen LogP contribution in [0, 0.1) is 0 Å². The van der Waals surface area contributed by atoms with E-state index in [-0.39, 0.29) is 48.9 Å². The molecule has 212 valence electrons. The summed E-state index contributed by atoms with van der Waals surface area (Å²) in [6, 6.07) is 14.7. The van der Waals surface area contributed by atoms with Crippen molar-refractivity contribution in [2.24, 2.45) is 0 Å². The fraction of sp³-hybridized carbons (Fsp3) is 0.600. The summed E-state index contributed by atoms with van der Waals surface area (Å²) in [6.07, 6.45) is 19.3. The Balaban J connectivity index is 0.000000722. The van der Waals surface area contributed by atoms with Crippen molar-refractivity contribution in [1.29, 1.82) is 0 Å².